The number of carbonyl (C=O) groups excluding carboxylic acids is 1. The Morgan fingerprint density at radius 1 is 1.31 bits per heavy atom. The van der Waals surface area contributed by atoms with E-state index in [9.17, 15) is 9.90 Å². The quantitative estimate of drug-likeness (QED) is 0.501. The van der Waals surface area contributed by atoms with Gasteiger partial charge in [0.1, 0.15) is 0 Å². The lowest BCUT2D eigenvalue weighted by Gasteiger charge is -2.32. The van der Waals surface area contributed by atoms with Crippen molar-refractivity contribution in [2.24, 2.45) is 0 Å². The molecule has 1 atom stereocenters. The molecule has 0 radical (unpaired) electrons. The van der Waals surface area contributed by atoms with E-state index in [0.717, 1.165) is 9.75 Å². The van der Waals surface area contributed by atoms with Crippen LogP contribution in [0.5, 0.6) is 5.88 Å². The van der Waals surface area contributed by atoms with Crippen LogP contribution in [-0.2, 0) is 4.79 Å². The summed E-state index contributed by atoms with van der Waals surface area (Å²) in [6.45, 7) is 3.55. The van der Waals surface area contributed by atoms with Crippen molar-refractivity contribution < 1.29 is 14.6 Å². The number of anilines is 1. The summed E-state index contributed by atoms with van der Waals surface area (Å²) >= 11 is 2.90. The van der Waals surface area contributed by atoms with Gasteiger partial charge < -0.3 is 5.11 Å². The molecule has 3 aromatic rings. The third-order valence-electron chi connectivity index (χ3n) is 4.25. The van der Waals surface area contributed by atoms with Gasteiger partial charge in [-0.15, -0.1) is 11.3 Å². The molecule has 2 aromatic heterocycles. The Hall–Kier alpha value is -2.45. The molecule has 0 bridgehead atoms. The average molecular weight is 384 g/mol. The Kier molecular flexibility index (Phi) is 4.16. The summed E-state index contributed by atoms with van der Waals surface area (Å²) in [6.07, 6.45) is 1.32. The van der Waals surface area contributed by atoms with Gasteiger partial charge in [-0.1, -0.05) is 28.6 Å². The van der Waals surface area contributed by atoms with Crippen molar-refractivity contribution in [2.45, 2.75) is 25.2 Å². The molecule has 0 N–H and O–H groups in total. The first-order valence-electron chi connectivity index (χ1n) is 8.01. The number of aryl methyl sites for hydroxylation is 1. The van der Waals surface area contributed by atoms with Crippen LogP contribution in [0, 0.1) is 6.92 Å². The number of thiophene rings is 1. The van der Waals surface area contributed by atoms with Gasteiger partial charge in [-0.05, 0) is 37.4 Å². The summed E-state index contributed by atoms with van der Waals surface area (Å²) in [4.78, 5) is 20.5. The van der Waals surface area contributed by atoms with Crippen molar-refractivity contribution in [3.8, 4) is 17.1 Å². The van der Waals surface area contributed by atoms with Crippen molar-refractivity contribution in [1.82, 2.24) is 10.1 Å². The first-order valence-corrected chi connectivity index (χ1v) is 10.1. The smallest absolute Gasteiger partial charge is 0.302 e. The van der Waals surface area contributed by atoms with Gasteiger partial charge in [-0.3, -0.25) is 4.79 Å². The van der Waals surface area contributed by atoms with Gasteiger partial charge in [0, 0.05) is 16.9 Å². The molecular formula is C18H16N4O2S2. The number of benzene rings is 1. The van der Waals surface area contributed by atoms with E-state index in [-0.39, 0.29) is 11.8 Å². The molecule has 1 amide bonds. The molecule has 0 saturated heterocycles. The number of rotatable bonds is 2. The molecule has 1 aliphatic heterocycles. The summed E-state index contributed by atoms with van der Waals surface area (Å²) in [5.74, 6) is -0.443. The standard InChI is InChI=1S/C18H16N4O2S2/c1-10-8-9-14(26-10)17-21(11(2)23)13-7-5-4-6-12(13)15-16(24)19-18(25-3)20-22(15)17/h4-9,17H,1-3H3. The van der Waals surface area contributed by atoms with Crippen molar-refractivity contribution >= 4 is 34.7 Å². The van der Waals surface area contributed by atoms with Crippen molar-refractivity contribution in [1.29, 1.82) is 0 Å². The molecule has 0 fully saturated rings. The van der Waals surface area contributed by atoms with E-state index < -0.39 is 6.17 Å². The number of para-hydroxylation sites is 1. The SMILES string of the molecule is CSc1nc([O-])c2[n+](n1)C(c1ccc(C)s1)N(C(C)=O)c1ccccc1-2. The van der Waals surface area contributed by atoms with Crippen LogP contribution in [0.4, 0.5) is 5.69 Å². The summed E-state index contributed by atoms with van der Waals surface area (Å²) in [5, 5.41) is 17.7. The maximum Gasteiger partial charge on any atom is 0.302 e. The minimum Gasteiger partial charge on any atom is -0.854 e. The van der Waals surface area contributed by atoms with Crippen LogP contribution >= 0.6 is 23.1 Å². The lowest BCUT2D eigenvalue weighted by atomic mass is 10.0. The molecule has 0 aliphatic carbocycles. The fourth-order valence-corrected chi connectivity index (χ4v) is 4.51. The predicted octanol–water partition coefficient (Wildman–Crippen LogP) is 2.51. The molecule has 3 heterocycles. The monoisotopic (exact) mass is 384 g/mol. The van der Waals surface area contributed by atoms with Gasteiger partial charge in [0.05, 0.1) is 22.0 Å². The average Bonchev–Trinajstić information content (AvgIpc) is 3.05. The minimum absolute atomic E-state index is 0.108. The normalized spacial score (nSPS) is 15.5. The number of fused-ring (bicyclic) bond motifs is 3. The molecular weight excluding hydrogens is 368 g/mol. The highest BCUT2D eigenvalue weighted by atomic mass is 32.2. The van der Waals surface area contributed by atoms with Gasteiger partial charge in [0.25, 0.3) is 10.9 Å². The Bertz CT molecular complexity index is 1020. The number of carbonyl (C=O) groups is 1. The Balaban J connectivity index is 2.08. The second-order valence-corrected chi connectivity index (χ2v) is 8.02. The first kappa shape index (κ1) is 17.0. The summed E-state index contributed by atoms with van der Waals surface area (Å²) in [5.41, 5.74) is 1.78. The molecule has 0 saturated carbocycles. The Labute approximate surface area is 159 Å². The van der Waals surface area contributed by atoms with Gasteiger partial charge in [0.2, 0.25) is 5.91 Å². The van der Waals surface area contributed by atoms with Gasteiger partial charge in [0.15, 0.2) is 0 Å². The fourth-order valence-electron chi connectivity index (χ4n) is 3.21. The number of hydrogen-bond donors (Lipinski definition) is 0. The van der Waals surface area contributed by atoms with Crippen LogP contribution in [0.1, 0.15) is 22.8 Å². The van der Waals surface area contributed by atoms with Crippen molar-refractivity contribution in [3.63, 3.8) is 0 Å². The van der Waals surface area contributed by atoms with Gasteiger partial charge in [-0.2, -0.15) is 0 Å². The lowest BCUT2D eigenvalue weighted by molar-refractivity contribution is -0.763. The molecule has 0 spiro atoms. The summed E-state index contributed by atoms with van der Waals surface area (Å²) in [7, 11) is 0. The molecule has 4 rings (SSSR count). The minimum atomic E-state index is -0.502. The third kappa shape index (κ3) is 2.57. The largest absolute Gasteiger partial charge is 0.854 e. The molecule has 8 heteroatoms. The zero-order valence-corrected chi connectivity index (χ0v) is 16.1. The summed E-state index contributed by atoms with van der Waals surface area (Å²) < 4.78 is 1.65. The maximum atomic E-state index is 12.8. The van der Waals surface area contributed by atoms with E-state index >= 15 is 0 Å². The zero-order chi connectivity index (χ0) is 18.4. The van der Waals surface area contributed by atoms with Crippen LogP contribution in [0.25, 0.3) is 11.3 Å². The highest BCUT2D eigenvalue weighted by Crippen LogP contribution is 2.41. The fraction of sp³-hybridized carbons (Fsp3) is 0.222. The van der Waals surface area contributed by atoms with Crippen molar-refractivity contribution in [3.05, 3.63) is 46.2 Å². The lowest BCUT2D eigenvalue weighted by Crippen LogP contribution is -2.58. The molecule has 132 valence electrons. The molecule has 6 nitrogen and oxygen atoms in total. The van der Waals surface area contributed by atoms with E-state index in [1.807, 2.05) is 49.6 Å². The van der Waals surface area contributed by atoms with Crippen LogP contribution in [-0.4, -0.2) is 22.2 Å². The highest BCUT2D eigenvalue weighted by molar-refractivity contribution is 7.98. The maximum absolute atomic E-state index is 12.8. The highest BCUT2D eigenvalue weighted by Gasteiger charge is 2.44. The molecule has 26 heavy (non-hydrogen) atoms. The van der Waals surface area contributed by atoms with Crippen LogP contribution in [0.3, 0.4) is 0 Å². The van der Waals surface area contributed by atoms with Crippen LogP contribution in [0.15, 0.2) is 41.6 Å². The molecule has 1 aliphatic rings. The zero-order valence-electron chi connectivity index (χ0n) is 14.5. The second kappa shape index (κ2) is 6.37. The van der Waals surface area contributed by atoms with Crippen LogP contribution in [0.2, 0.25) is 0 Å². The van der Waals surface area contributed by atoms with Crippen LogP contribution < -0.4 is 14.7 Å². The van der Waals surface area contributed by atoms with E-state index in [1.165, 1.54) is 18.7 Å². The van der Waals surface area contributed by atoms with Crippen molar-refractivity contribution in [2.75, 3.05) is 11.2 Å². The van der Waals surface area contributed by atoms with E-state index in [2.05, 4.69) is 10.1 Å². The van der Waals surface area contributed by atoms with Gasteiger partial charge in [-0.25, -0.2) is 9.88 Å². The summed E-state index contributed by atoms with van der Waals surface area (Å²) in [6, 6.07) is 11.4. The van der Waals surface area contributed by atoms with E-state index in [1.54, 1.807) is 20.9 Å². The third-order valence-corrected chi connectivity index (χ3v) is 5.83. The second-order valence-electron chi connectivity index (χ2n) is 5.93. The first-order chi connectivity index (χ1) is 12.5. The molecule has 1 aromatic carbocycles. The number of nitrogens with zero attached hydrogens (tertiary/aromatic N) is 4. The topological polar surface area (TPSA) is 73.0 Å². The number of hydrogen-bond acceptors (Lipinski definition) is 6. The number of aromatic nitrogens is 3. The predicted molar refractivity (Wildman–Crippen MR) is 99.2 cm³/mol. The Morgan fingerprint density at radius 2 is 2.08 bits per heavy atom. The number of thioether (sulfide) groups is 1. The Morgan fingerprint density at radius 3 is 2.73 bits per heavy atom. The van der Waals surface area contributed by atoms with Gasteiger partial charge >= 0.3 is 6.17 Å². The van der Waals surface area contributed by atoms with E-state index in [0.29, 0.717) is 22.1 Å². The molecule has 1 unspecified atom stereocenters. The van der Waals surface area contributed by atoms with E-state index in [4.69, 9.17) is 0 Å². The number of amides is 1.